The maximum absolute atomic E-state index is 13.7. The van der Waals surface area contributed by atoms with Crippen LogP contribution < -0.4 is 9.62 Å². The van der Waals surface area contributed by atoms with E-state index < -0.39 is 34.1 Å². The molecule has 0 aromatic heterocycles. The van der Waals surface area contributed by atoms with Gasteiger partial charge in [0.2, 0.25) is 21.8 Å². The van der Waals surface area contributed by atoms with Gasteiger partial charge in [-0.15, -0.1) is 0 Å². The fourth-order valence-corrected chi connectivity index (χ4v) is 4.82. The number of aryl methyl sites for hydroxylation is 1. The molecule has 0 aliphatic carbocycles. The number of amides is 2. The predicted molar refractivity (Wildman–Crippen MR) is 140 cm³/mol. The topological polar surface area (TPSA) is 86.8 Å². The lowest BCUT2D eigenvalue weighted by Crippen LogP contribution is -2.55. The fraction of sp³-hybridized carbons (Fsp3) is 0.440. The number of halogens is 1. The number of hydrogen-bond acceptors (Lipinski definition) is 4. The second-order valence-corrected chi connectivity index (χ2v) is 12.2. The molecule has 0 saturated carbocycles. The molecule has 7 nitrogen and oxygen atoms in total. The van der Waals surface area contributed by atoms with Gasteiger partial charge in [-0.25, -0.2) is 8.42 Å². The Bertz CT molecular complexity index is 1130. The van der Waals surface area contributed by atoms with Gasteiger partial charge in [0.1, 0.15) is 12.6 Å². The third-order valence-corrected chi connectivity index (χ3v) is 6.90. The first-order chi connectivity index (χ1) is 15.7. The molecule has 0 radical (unpaired) electrons. The van der Waals surface area contributed by atoms with Gasteiger partial charge in [-0.3, -0.25) is 13.9 Å². The summed E-state index contributed by atoms with van der Waals surface area (Å²) in [5.74, 6) is -0.727. The zero-order chi connectivity index (χ0) is 25.7. The van der Waals surface area contributed by atoms with Crippen molar-refractivity contribution in [1.82, 2.24) is 10.2 Å². The van der Waals surface area contributed by atoms with Crippen LogP contribution in [0, 0.1) is 6.92 Å². The third kappa shape index (κ3) is 7.84. The zero-order valence-electron chi connectivity index (χ0n) is 20.6. The summed E-state index contributed by atoms with van der Waals surface area (Å²) in [5.41, 5.74) is 1.77. The van der Waals surface area contributed by atoms with Crippen LogP contribution in [-0.2, 0) is 26.2 Å². The van der Waals surface area contributed by atoms with Crippen LogP contribution in [0.5, 0.6) is 0 Å². The molecule has 2 aromatic rings. The molecule has 0 saturated heterocycles. The highest BCUT2D eigenvalue weighted by Crippen LogP contribution is 2.23. The number of carbonyl (C=O) groups excluding carboxylic acids is 2. The Balaban J connectivity index is 2.48. The monoisotopic (exact) mass is 551 g/mol. The van der Waals surface area contributed by atoms with Crippen molar-refractivity contribution < 1.29 is 18.0 Å². The highest BCUT2D eigenvalue weighted by Gasteiger charge is 2.33. The van der Waals surface area contributed by atoms with Gasteiger partial charge in [0, 0.05) is 16.6 Å². The Labute approximate surface area is 211 Å². The van der Waals surface area contributed by atoms with Crippen molar-refractivity contribution in [3.63, 3.8) is 0 Å². The van der Waals surface area contributed by atoms with Crippen LogP contribution in [-0.4, -0.2) is 49.5 Å². The summed E-state index contributed by atoms with van der Waals surface area (Å²) in [6.07, 6.45) is 1.45. The van der Waals surface area contributed by atoms with E-state index in [-0.39, 0.29) is 12.5 Å². The molecule has 0 fully saturated rings. The molecular formula is C25H34BrN3O4S. The van der Waals surface area contributed by atoms with Crippen molar-refractivity contribution >= 4 is 43.5 Å². The van der Waals surface area contributed by atoms with Crippen molar-refractivity contribution in [2.24, 2.45) is 0 Å². The van der Waals surface area contributed by atoms with Crippen LogP contribution in [0.25, 0.3) is 0 Å². The van der Waals surface area contributed by atoms with Crippen LogP contribution in [0.4, 0.5) is 5.69 Å². The summed E-state index contributed by atoms with van der Waals surface area (Å²) in [7, 11) is -3.76. The van der Waals surface area contributed by atoms with Crippen molar-refractivity contribution in [2.45, 2.75) is 59.2 Å². The molecule has 0 spiro atoms. The number of carbonyl (C=O) groups is 2. The molecular weight excluding hydrogens is 518 g/mol. The second kappa shape index (κ2) is 11.4. The molecule has 0 aliphatic heterocycles. The van der Waals surface area contributed by atoms with Crippen LogP contribution in [0.3, 0.4) is 0 Å². The lowest BCUT2D eigenvalue weighted by Gasteiger charge is -2.34. The Kier molecular flexibility index (Phi) is 9.30. The van der Waals surface area contributed by atoms with E-state index in [0.717, 1.165) is 21.7 Å². The summed E-state index contributed by atoms with van der Waals surface area (Å²) < 4.78 is 27.0. The normalized spacial score (nSPS) is 12.7. The van der Waals surface area contributed by atoms with E-state index >= 15 is 0 Å². The highest BCUT2D eigenvalue weighted by atomic mass is 79.9. The number of rotatable bonds is 9. The number of nitrogens with zero attached hydrogens (tertiary/aromatic N) is 2. The quantitative estimate of drug-likeness (QED) is 0.504. The summed E-state index contributed by atoms with van der Waals surface area (Å²) in [5, 5.41) is 2.96. The van der Waals surface area contributed by atoms with Crippen molar-refractivity contribution in [1.29, 1.82) is 0 Å². The minimum Gasteiger partial charge on any atom is -0.350 e. The van der Waals surface area contributed by atoms with E-state index in [0.29, 0.717) is 16.6 Å². The number of nitrogens with one attached hydrogen (secondary N) is 1. The fourth-order valence-electron chi connectivity index (χ4n) is 3.59. The molecule has 0 aliphatic rings. The van der Waals surface area contributed by atoms with Crippen LogP contribution in [0.2, 0.25) is 0 Å². The zero-order valence-corrected chi connectivity index (χ0v) is 23.0. The van der Waals surface area contributed by atoms with E-state index in [9.17, 15) is 18.0 Å². The molecule has 0 unspecified atom stereocenters. The molecule has 186 valence electrons. The van der Waals surface area contributed by atoms with Gasteiger partial charge in [0.15, 0.2) is 0 Å². The molecule has 1 N–H and O–H groups in total. The van der Waals surface area contributed by atoms with E-state index in [1.54, 1.807) is 24.3 Å². The second-order valence-electron chi connectivity index (χ2n) is 9.36. The molecule has 2 aromatic carbocycles. The van der Waals surface area contributed by atoms with Crippen molar-refractivity contribution in [3.05, 3.63) is 64.1 Å². The first-order valence-electron chi connectivity index (χ1n) is 11.1. The average Bonchev–Trinajstić information content (AvgIpc) is 2.70. The van der Waals surface area contributed by atoms with Crippen LogP contribution in [0.15, 0.2) is 53.0 Å². The largest absolute Gasteiger partial charge is 0.350 e. The number of benzene rings is 2. The molecule has 34 heavy (non-hydrogen) atoms. The number of sulfonamides is 1. The minimum atomic E-state index is -3.76. The number of anilines is 1. The van der Waals surface area contributed by atoms with Gasteiger partial charge in [0.25, 0.3) is 0 Å². The molecule has 9 heteroatoms. The molecule has 2 amide bonds. The van der Waals surface area contributed by atoms with E-state index in [1.807, 2.05) is 58.9 Å². The minimum absolute atomic E-state index is 0.192. The maximum Gasteiger partial charge on any atom is 0.244 e. The third-order valence-electron chi connectivity index (χ3n) is 5.26. The van der Waals surface area contributed by atoms with Gasteiger partial charge in [-0.2, -0.15) is 0 Å². The SMILES string of the molecule is CC[C@@H](C(=O)NC(C)(C)C)N(Cc1ccccc1C)C(=O)CN(c1cccc(Br)c1)S(C)(=O)=O. The van der Waals surface area contributed by atoms with Crippen molar-refractivity contribution in [3.8, 4) is 0 Å². The lowest BCUT2D eigenvalue weighted by atomic mass is 10.0. The Morgan fingerprint density at radius 3 is 2.26 bits per heavy atom. The molecule has 2 rings (SSSR count). The van der Waals surface area contributed by atoms with Gasteiger partial charge < -0.3 is 10.2 Å². The van der Waals surface area contributed by atoms with Gasteiger partial charge >= 0.3 is 0 Å². The Morgan fingerprint density at radius 2 is 1.74 bits per heavy atom. The van der Waals surface area contributed by atoms with Gasteiger partial charge in [-0.1, -0.05) is 53.2 Å². The maximum atomic E-state index is 13.7. The molecule has 1 atom stereocenters. The molecule has 0 bridgehead atoms. The Morgan fingerprint density at radius 1 is 1.09 bits per heavy atom. The Hall–Kier alpha value is -2.39. The highest BCUT2D eigenvalue weighted by molar-refractivity contribution is 9.10. The first-order valence-corrected chi connectivity index (χ1v) is 13.8. The first kappa shape index (κ1) is 27.9. The van der Waals surface area contributed by atoms with E-state index in [1.165, 1.54) is 4.90 Å². The number of hydrogen-bond donors (Lipinski definition) is 1. The lowest BCUT2D eigenvalue weighted by molar-refractivity contribution is -0.141. The van der Waals surface area contributed by atoms with Gasteiger partial charge in [0.05, 0.1) is 11.9 Å². The molecule has 0 heterocycles. The van der Waals surface area contributed by atoms with Crippen LogP contribution >= 0.6 is 15.9 Å². The summed E-state index contributed by atoms with van der Waals surface area (Å²) in [6.45, 7) is 9.20. The summed E-state index contributed by atoms with van der Waals surface area (Å²) >= 11 is 3.36. The van der Waals surface area contributed by atoms with Gasteiger partial charge in [-0.05, 0) is 63.4 Å². The summed E-state index contributed by atoms with van der Waals surface area (Å²) in [4.78, 5) is 28.3. The standard InChI is InChI=1S/C25H34BrN3O4S/c1-7-22(24(31)27-25(3,4)5)28(16-19-12-9-8-11-18(19)2)23(30)17-29(34(6,32)33)21-14-10-13-20(26)15-21/h8-15,22H,7,16-17H2,1-6H3,(H,27,31)/t22-/m0/s1. The van der Waals surface area contributed by atoms with Crippen LogP contribution in [0.1, 0.15) is 45.2 Å². The smallest absolute Gasteiger partial charge is 0.244 e. The van der Waals surface area contributed by atoms with Crippen molar-refractivity contribution in [2.75, 3.05) is 17.1 Å². The average molecular weight is 553 g/mol. The summed E-state index contributed by atoms with van der Waals surface area (Å²) in [6, 6.07) is 13.6. The predicted octanol–water partition coefficient (Wildman–Crippen LogP) is 4.25. The van der Waals surface area contributed by atoms with E-state index in [4.69, 9.17) is 0 Å². The van der Waals surface area contributed by atoms with E-state index in [2.05, 4.69) is 21.2 Å².